The Hall–Kier alpha value is -2.44. The van der Waals surface area contributed by atoms with Crippen LogP contribution in [0.1, 0.15) is 43.0 Å². The summed E-state index contributed by atoms with van der Waals surface area (Å²) in [5.74, 6) is 0.167. The fourth-order valence-corrected chi connectivity index (χ4v) is 1.85. The zero-order valence-corrected chi connectivity index (χ0v) is 12.4. The highest BCUT2D eigenvalue weighted by molar-refractivity contribution is 5.82. The summed E-state index contributed by atoms with van der Waals surface area (Å²) in [5.41, 5.74) is -0.225. The van der Waals surface area contributed by atoms with Gasteiger partial charge in [0.25, 0.3) is 5.69 Å². The lowest BCUT2D eigenvalue weighted by atomic mass is 10.2. The van der Waals surface area contributed by atoms with E-state index in [1.165, 1.54) is 25.1 Å². The van der Waals surface area contributed by atoms with Crippen LogP contribution in [0, 0.1) is 10.1 Å². The Bertz CT molecular complexity index is 529. The first-order valence-corrected chi connectivity index (χ1v) is 7.04. The predicted octanol–water partition coefficient (Wildman–Crippen LogP) is 2.91. The van der Waals surface area contributed by atoms with Crippen molar-refractivity contribution in [3.05, 3.63) is 33.9 Å². The van der Waals surface area contributed by atoms with Gasteiger partial charge in [-0.3, -0.25) is 19.7 Å². The topological polar surface area (TPSA) is 95.7 Å². The summed E-state index contributed by atoms with van der Waals surface area (Å²) in [7, 11) is 0. The highest BCUT2D eigenvalue weighted by Crippen LogP contribution is 2.22. The molecule has 0 aliphatic heterocycles. The number of nitrogens with zero attached hydrogens (tertiary/aromatic N) is 1. The Morgan fingerprint density at radius 1 is 1.23 bits per heavy atom. The molecule has 0 aliphatic carbocycles. The van der Waals surface area contributed by atoms with Crippen molar-refractivity contribution in [2.24, 2.45) is 0 Å². The maximum absolute atomic E-state index is 10.8. The number of esters is 1. The molecule has 0 bridgehead atoms. The highest BCUT2D eigenvalue weighted by Gasteiger charge is 2.13. The zero-order chi connectivity index (χ0) is 16.4. The van der Waals surface area contributed by atoms with Crippen molar-refractivity contribution in [2.75, 3.05) is 13.2 Å². The van der Waals surface area contributed by atoms with Crippen LogP contribution in [-0.2, 0) is 9.53 Å². The maximum Gasteiger partial charge on any atom is 0.302 e. The zero-order valence-electron chi connectivity index (χ0n) is 12.4. The Kier molecular flexibility index (Phi) is 7.60. The van der Waals surface area contributed by atoms with Gasteiger partial charge in [0.1, 0.15) is 5.75 Å². The minimum absolute atomic E-state index is 0.00359. The van der Waals surface area contributed by atoms with Gasteiger partial charge >= 0.3 is 5.97 Å². The number of rotatable bonds is 10. The average molecular weight is 309 g/mol. The number of nitro groups is 1. The summed E-state index contributed by atoms with van der Waals surface area (Å²) in [6, 6.07) is 4.11. The summed E-state index contributed by atoms with van der Waals surface area (Å²) in [4.78, 5) is 31.5. The molecule has 0 atom stereocenters. The second kappa shape index (κ2) is 9.49. The van der Waals surface area contributed by atoms with Gasteiger partial charge in [0.15, 0.2) is 6.29 Å². The molecule has 22 heavy (non-hydrogen) atoms. The van der Waals surface area contributed by atoms with Gasteiger partial charge in [-0.1, -0.05) is 0 Å². The lowest BCUT2D eigenvalue weighted by Gasteiger charge is -2.07. The number of unbranched alkanes of at least 4 members (excludes halogenated alkanes) is 3. The lowest BCUT2D eigenvalue weighted by Crippen LogP contribution is -2.02. The minimum atomic E-state index is -0.601. The molecule has 7 nitrogen and oxygen atoms in total. The number of benzene rings is 1. The number of hydrogen-bond acceptors (Lipinski definition) is 6. The van der Waals surface area contributed by atoms with E-state index in [9.17, 15) is 19.7 Å². The molecule has 1 aromatic rings. The van der Waals surface area contributed by atoms with E-state index in [0.717, 1.165) is 25.7 Å². The van der Waals surface area contributed by atoms with Crippen molar-refractivity contribution in [1.29, 1.82) is 0 Å². The molecule has 0 saturated heterocycles. The van der Waals surface area contributed by atoms with Gasteiger partial charge in [0.2, 0.25) is 0 Å². The first-order valence-electron chi connectivity index (χ1n) is 7.04. The molecular weight excluding hydrogens is 290 g/mol. The second-order valence-electron chi connectivity index (χ2n) is 4.70. The summed E-state index contributed by atoms with van der Waals surface area (Å²) >= 11 is 0. The molecule has 1 rings (SSSR count). The van der Waals surface area contributed by atoms with Gasteiger partial charge < -0.3 is 9.47 Å². The normalized spacial score (nSPS) is 10.0. The van der Waals surface area contributed by atoms with Crippen molar-refractivity contribution >= 4 is 17.9 Å². The molecule has 7 heteroatoms. The minimum Gasteiger partial charge on any atom is -0.494 e. The van der Waals surface area contributed by atoms with Gasteiger partial charge in [-0.2, -0.15) is 0 Å². The van der Waals surface area contributed by atoms with Crippen molar-refractivity contribution in [1.82, 2.24) is 0 Å². The first-order chi connectivity index (χ1) is 10.5. The molecule has 0 unspecified atom stereocenters. The van der Waals surface area contributed by atoms with Gasteiger partial charge in [-0.05, 0) is 37.8 Å². The maximum atomic E-state index is 10.8. The molecule has 0 fully saturated rings. The van der Waals surface area contributed by atoms with E-state index in [1.54, 1.807) is 0 Å². The van der Waals surface area contributed by atoms with E-state index in [0.29, 0.717) is 25.2 Å². The van der Waals surface area contributed by atoms with Crippen LogP contribution in [-0.4, -0.2) is 30.4 Å². The monoisotopic (exact) mass is 309 g/mol. The number of aldehydes is 1. The molecule has 0 heterocycles. The van der Waals surface area contributed by atoms with Crippen LogP contribution >= 0.6 is 0 Å². The first kappa shape index (κ1) is 17.6. The van der Waals surface area contributed by atoms with Crippen LogP contribution in [0.2, 0.25) is 0 Å². The summed E-state index contributed by atoms with van der Waals surface area (Å²) in [5, 5.41) is 10.7. The fourth-order valence-electron chi connectivity index (χ4n) is 1.85. The third-order valence-corrected chi connectivity index (χ3v) is 2.94. The lowest BCUT2D eigenvalue weighted by molar-refractivity contribution is -0.385. The van der Waals surface area contributed by atoms with Crippen molar-refractivity contribution in [3.63, 3.8) is 0 Å². The molecule has 0 radical (unpaired) electrons. The van der Waals surface area contributed by atoms with Crippen LogP contribution < -0.4 is 4.74 Å². The quantitative estimate of drug-likeness (QED) is 0.217. The van der Waals surface area contributed by atoms with Crippen LogP contribution in [0.5, 0.6) is 5.75 Å². The van der Waals surface area contributed by atoms with Crippen LogP contribution in [0.4, 0.5) is 5.69 Å². The number of nitro benzene ring substituents is 1. The van der Waals surface area contributed by atoms with E-state index in [-0.39, 0.29) is 17.2 Å². The number of carbonyl (C=O) groups excluding carboxylic acids is 2. The van der Waals surface area contributed by atoms with E-state index in [2.05, 4.69) is 0 Å². The molecular formula is C15H19NO6. The van der Waals surface area contributed by atoms with Crippen molar-refractivity contribution in [3.8, 4) is 5.75 Å². The van der Waals surface area contributed by atoms with Crippen LogP contribution in [0.25, 0.3) is 0 Å². The predicted molar refractivity (Wildman–Crippen MR) is 79.1 cm³/mol. The summed E-state index contributed by atoms with van der Waals surface area (Å²) in [6.07, 6.45) is 3.92. The van der Waals surface area contributed by atoms with Crippen LogP contribution in [0.3, 0.4) is 0 Å². The molecule has 1 aromatic carbocycles. The molecule has 120 valence electrons. The summed E-state index contributed by atoms with van der Waals surface area (Å²) in [6.45, 7) is 2.27. The Labute approximate surface area is 128 Å². The smallest absolute Gasteiger partial charge is 0.302 e. The SMILES string of the molecule is CC(=O)OCCCCCCOc1ccc([N+](=O)[O-])c(C=O)c1. The van der Waals surface area contributed by atoms with Crippen molar-refractivity contribution in [2.45, 2.75) is 32.6 Å². The highest BCUT2D eigenvalue weighted by atomic mass is 16.6. The van der Waals surface area contributed by atoms with Gasteiger partial charge in [0.05, 0.1) is 23.7 Å². The molecule has 0 spiro atoms. The van der Waals surface area contributed by atoms with Crippen LogP contribution in [0.15, 0.2) is 18.2 Å². The fraction of sp³-hybridized carbons (Fsp3) is 0.467. The Balaban J connectivity index is 2.26. The number of hydrogen-bond donors (Lipinski definition) is 0. The second-order valence-corrected chi connectivity index (χ2v) is 4.70. The third-order valence-electron chi connectivity index (χ3n) is 2.94. The molecule has 0 aliphatic rings. The Morgan fingerprint density at radius 3 is 2.50 bits per heavy atom. The Morgan fingerprint density at radius 2 is 1.91 bits per heavy atom. The molecule has 0 N–H and O–H groups in total. The van der Waals surface area contributed by atoms with E-state index in [4.69, 9.17) is 9.47 Å². The summed E-state index contributed by atoms with van der Waals surface area (Å²) < 4.78 is 10.3. The molecule has 0 saturated carbocycles. The van der Waals surface area contributed by atoms with Crippen molar-refractivity contribution < 1.29 is 24.0 Å². The molecule has 0 amide bonds. The van der Waals surface area contributed by atoms with E-state index in [1.807, 2.05) is 0 Å². The van der Waals surface area contributed by atoms with E-state index >= 15 is 0 Å². The largest absolute Gasteiger partial charge is 0.494 e. The van der Waals surface area contributed by atoms with Gasteiger partial charge in [-0.25, -0.2) is 0 Å². The van der Waals surface area contributed by atoms with Gasteiger partial charge in [-0.15, -0.1) is 0 Å². The number of ether oxygens (including phenoxy) is 2. The van der Waals surface area contributed by atoms with E-state index < -0.39 is 4.92 Å². The van der Waals surface area contributed by atoms with Gasteiger partial charge in [0, 0.05) is 13.0 Å². The average Bonchev–Trinajstić information content (AvgIpc) is 2.49. The molecule has 0 aromatic heterocycles. The number of carbonyl (C=O) groups is 2. The standard InChI is InChI=1S/C15H19NO6/c1-12(18)21-8-4-2-3-5-9-22-14-6-7-15(16(19)20)13(10-14)11-17/h6-7,10-11H,2-5,8-9H2,1H3. The third kappa shape index (κ3) is 6.34.